The second-order valence-electron chi connectivity index (χ2n) is 7.90. The molecule has 2 amide bonds. The number of hydrogen-bond acceptors (Lipinski definition) is 5. The van der Waals surface area contributed by atoms with E-state index in [2.05, 4.69) is 15.1 Å². The average molecular weight is 411 g/mol. The summed E-state index contributed by atoms with van der Waals surface area (Å²) in [5, 5.41) is 8.64. The van der Waals surface area contributed by atoms with E-state index < -0.39 is 0 Å². The van der Waals surface area contributed by atoms with Crippen molar-refractivity contribution < 1.29 is 14.0 Å². The van der Waals surface area contributed by atoms with E-state index in [1.807, 2.05) is 17.0 Å². The molecule has 2 aliphatic rings. The third-order valence-electron chi connectivity index (χ3n) is 5.92. The zero-order valence-electron chi connectivity index (χ0n) is 17.1. The predicted octanol–water partition coefficient (Wildman–Crippen LogP) is 2.19. The van der Waals surface area contributed by atoms with Gasteiger partial charge in [-0.05, 0) is 49.2 Å². The highest BCUT2D eigenvalue weighted by Gasteiger charge is 2.32. The van der Waals surface area contributed by atoms with Gasteiger partial charge in [-0.15, -0.1) is 10.2 Å². The average Bonchev–Trinajstić information content (AvgIpc) is 2.79. The van der Waals surface area contributed by atoms with Crippen LogP contribution in [0.5, 0.6) is 0 Å². The predicted molar refractivity (Wildman–Crippen MR) is 111 cm³/mol. The van der Waals surface area contributed by atoms with E-state index >= 15 is 0 Å². The van der Waals surface area contributed by atoms with Crippen molar-refractivity contribution in [2.45, 2.75) is 19.8 Å². The van der Waals surface area contributed by atoms with E-state index in [0.717, 1.165) is 30.8 Å². The largest absolute Gasteiger partial charge is 0.354 e. The summed E-state index contributed by atoms with van der Waals surface area (Å²) in [5.41, 5.74) is 1.50. The second-order valence-corrected chi connectivity index (χ2v) is 7.90. The second kappa shape index (κ2) is 8.77. The van der Waals surface area contributed by atoms with E-state index in [1.54, 1.807) is 24.0 Å². The number of anilines is 1. The van der Waals surface area contributed by atoms with Crippen molar-refractivity contribution >= 4 is 17.6 Å². The van der Waals surface area contributed by atoms with Gasteiger partial charge in [0.05, 0.1) is 11.6 Å². The lowest BCUT2D eigenvalue weighted by atomic mass is 9.96. The van der Waals surface area contributed by atoms with Crippen molar-refractivity contribution in [1.29, 1.82) is 0 Å². The number of piperidine rings is 1. The highest BCUT2D eigenvalue weighted by Crippen LogP contribution is 2.25. The summed E-state index contributed by atoms with van der Waals surface area (Å²) in [6, 6.07) is 9.96. The fraction of sp³-hybridized carbons (Fsp3) is 0.455. The van der Waals surface area contributed by atoms with Gasteiger partial charge in [-0.25, -0.2) is 4.39 Å². The zero-order chi connectivity index (χ0) is 21.1. The minimum absolute atomic E-state index is 0.0635. The van der Waals surface area contributed by atoms with Gasteiger partial charge in [0.25, 0.3) is 0 Å². The molecule has 4 rings (SSSR count). The standard InChI is InChI=1S/C22H26FN5O2/c1-16(29)26-11-13-27(14-12-26)22(30)18-3-2-10-28(15-18)21-9-8-20(24-25-21)17-4-6-19(23)7-5-17/h4-9,18H,2-3,10-15H2,1H3. The Balaban J connectivity index is 1.38. The first-order valence-corrected chi connectivity index (χ1v) is 10.4. The van der Waals surface area contributed by atoms with Crippen LogP contribution in [0, 0.1) is 11.7 Å². The van der Waals surface area contributed by atoms with Crippen molar-refractivity contribution in [3.8, 4) is 11.3 Å². The summed E-state index contributed by atoms with van der Waals surface area (Å²) in [5.74, 6) is 0.628. The van der Waals surface area contributed by atoms with Crippen LogP contribution >= 0.6 is 0 Å². The molecule has 2 saturated heterocycles. The Morgan fingerprint density at radius 2 is 1.63 bits per heavy atom. The highest BCUT2D eigenvalue weighted by atomic mass is 19.1. The summed E-state index contributed by atoms with van der Waals surface area (Å²) in [4.78, 5) is 30.3. The maximum absolute atomic E-state index is 13.1. The first-order valence-electron chi connectivity index (χ1n) is 10.4. The van der Waals surface area contributed by atoms with Gasteiger partial charge in [-0.3, -0.25) is 9.59 Å². The SMILES string of the molecule is CC(=O)N1CCN(C(=O)C2CCCN(c3ccc(-c4ccc(F)cc4)nn3)C2)CC1. The fourth-order valence-electron chi connectivity index (χ4n) is 4.16. The topological polar surface area (TPSA) is 69.6 Å². The summed E-state index contributed by atoms with van der Waals surface area (Å²) in [6.45, 7) is 5.44. The minimum Gasteiger partial charge on any atom is -0.354 e. The maximum Gasteiger partial charge on any atom is 0.227 e. The third kappa shape index (κ3) is 4.42. The number of benzene rings is 1. The quantitative estimate of drug-likeness (QED) is 0.775. The molecule has 2 aliphatic heterocycles. The molecule has 30 heavy (non-hydrogen) atoms. The summed E-state index contributed by atoms with van der Waals surface area (Å²) >= 11 is 0. The molecule has 7 nitrogen and oxygen atoms in total. The van der Waals surface area contributed by atoms with Crippen LogP contribution in [0.2, 0.25) is 0 Å². The van der Waals surface area contributed by atoms with Gasteiger partial charge < -0.3 is 14.7 Å². The molecule has 0 N–H and O–H groups in total. The van der Waals surface area contributed by atoms with Crippen LogP contribution in [-0.2, 0) is 9.59 Å². The molecule has 0 radical (unpaired) electrons. The Morgan fingerprint density at radius 1 is 0.933 bits per heavy atom. The van der Waals surface area contributed by atoms with Crippen LogP contribution < -0.4 is 4.90 Å². The molecule has 3 heterocycles. The number of hydrogen-bond donors (Lipinski definition) is 0. The van der Waals surface area contributed by atoms with E-state index in [1.165, 1.54) is 12.1 Å². The van der Waals surface area contributed by atoms with Crippen molar-refractivity contribution in [1.82, 2.24) is 20.0 Å². The number of carbonyl (C=O) groups excluding carboxylic acids is 2. The molecule has 1 aromatic carbocycles. The van der Waals surface area contributed by atoms with Gasteiger partial charge in [0.2, 0.25) is 11.8 Å². The first-order chi connectivity index (χ1) is 14.5. The van der Waals surface area contributed by atoms with Gasteiger partial charge in [0.1, 0.15) is 5.82 Å². The molecule has 158 valence electrons. The minimum atomic E-state index is -0.282. The Morgan fingerprint density at radius 3 is 2.27 bits per heavy atom. The number of carbonyl (C=O) groups is 2. The van der Waals surface area contributed by atoms with E-state index in [9.17, 15) is 14.0 Å². The molecular weight excluding hydrogens is 385 g/mol. The van der Waals surface area contributed by atoms with Gasteiger partial charge >= 0.3 is 0 Å². The van der Waals surface area contributed by atoms with Gasteiger partial charge in [0.15, 0.2) is 5.82 Å². The molecule has 1 aromatic heterocycles. The van der Waals surface area contributed by atoms with Crippen molar-refractivity contribution in [2.24, 2.45) is 5.92 Å². The van der Waals surface area contributed by atoms with Gasteiger partial charge in [-0.1, -0.05) is 0 Å². The van der Waals surface area contributed by atoms with Gasteiger partial charge in [-0.2, -0.15) is 0 Å². The van der Waals surface area contributed by atoms with Crippen molar-refractivity contribution in [2.75, 3.05) is 44.2 Å². The monoisotopic (exact) mass is 411 g/mol. The lowest BCUT2D eigenvalue weighted by Crippen LogP contribution is -2.53. The molecule has 0 aliphatic carbocycles. The molecule has 8 heteroatoms. The number of halogens is 1. The molecule has 0 bridgehead atoms. The lowest BCUT2D eigenvalue weighted by molar-refractivity contribution is -0.141. The van der Waals surface area contributed by atoms with E-state index in [0.29, 0.717) is 38.4 Å². The van der Waals surface area contributed by atoms with Crippen LogP contribution in [0.3, 0.4) is 0 Å². The fourth-order valence-corrected chi connectivity index (χ4v) is 4.16. The van der Waals surface area contributed by atoms with Crippen molar-refractivity contribution in [3.63, 3.8) is 0 Å². The molecule has 1 unspecified atom stereocenters. The number of piperazine rings is 1. The number of nitrogens with zero attached hydrogens (tertiary/aromatic N) is 5. The molecule has 1 atom stereocenters. The Hall–Kier alpha value is -3.03. The van der Waals surface area contributed by atoms with Crippen molar-refractivity contribution in [3.05, 3.63) is 42.2 Å². The Kier molecular flexibility index (Phi) is 5.92. The summed E-state index contributed by atoms with van der Waals surface area (Å²) < 4.78 is 13.1. The number of rotatable bonds is 3. The van der Waals surface area contributed by atoms with Crippen LogP contribution in [0.4, 0.5) is 10.2 Å². The van der Waals surface area contributed by atoms with Crippen LogP contribution in [0.25, 0.3) is 11.3 Å². The summed E-state index contributed by atoms with van der Waals surface area (Å²) in [6.07, 6.45) is 1.79. The smallest absolute Gasteiger partial charge is 0.227 e. The van der Waals surface area contributed by atoms with Crippen LogP contribution in [-0.4, -0.2) is 71.1 Å². The van der Waals surface area contributed by atoms with E-state index in [4.69, 9.17) is 0 Å². The number of amides is 2. The molecule has 0 spiro atoms. The molecular formula is C22H26FN5O2. The zero-order valence-corrected chi connectivity index (χ0v) is 17.1. The first kappa shape index (κ1) is 20.3. The summed E-state index contributed by atoms with van der Waals surface area (Å²) in [7, 11) is 0. The van der Waals surface area contributed by atoms with E-state index in [-0.39, 0.29) is 23.5 Å². The van der Waals surface area contributed by atoms with Crippen LogP contribution in [0.15, 0.2) is 36.4 Å². The maximum atomic E-state index is 13.1. The molecule has 2 fully saturated rings. The molecule has 0 saturated carbocycles. The molecule has 2 aromatic rings. The highest BCUT2D eigenvalue weighted by molar-refractivity contribution is 5.80. The normalized spacial score (nSPS) is 19.7. The lowest BCUT2D eigenvalue weighted by Gasteiger charge is -2.39. The number of aromatic nitrogens is 2. The Labute approximate surface area is 175 Å². The Bertz CT molecular complexity index is 895. The third-order valence-corrected chi connectivity index (χ3v) is 5.92. The van der Waals surface area contributed by atoms with Gasteiger partial charge in [0, 0.05) is 51.8 Å². The van der Waals surface area contributed by atoms with Crippen LogP contribution in [0.1, 0.15) is 19.8 Å².